The Kier molecular flexibility index (Phi) is 4.29. The van der Waals surface area contributed by atoms with Crippen molar-refractivity contribution in [1.29, 1.82) is 0 Å². The van der Waals surface area contributed by atoms with E-state index < -0.39 is 0 Å². The average Bonchev–Trinajstić information content (AvgIpc) is 3.14. The molecule has 2 atom stereocenters. The smallest absolute Gasteiger partial charge is 0.341 e. The lowest BCUT2D eigenvalue weighted by atomic mass is 10.1. The maximum atomic E-state index is 12.3. The minimum atomic E-state index is -0.363. The molecule has 1 fully saturated rings. The molecular weight excluding hydrogens is 282 g/mol. The highest BCUT2D eigenvalue weighted by atomic mass is 16.5. The van der Waals surface area contributed by atoms with Gasteiger partial charge in [-0.2, -0.15) is 0 Å². The minimum Gasteiger partial charge on any atom is -0.462 e. The standard InChI is InChI=1S/C16H21N3O3/c1-2-7-22-16(21)13-9-18-15-12(5-6-17-15)14(13)19-10-3-4-11(20)8-10/h5-6,9-11,20H,2-4,7-8H2,1H3,(H2,17,18,19). The zero-order chi connectivity index (χ0) is 15.5. The van der Waals surface area contributed by atoms with Crippen molar-refractivity contribution in [1.82, 2.24) is 9.97 Å². The van der Waals surface area contributed by atoms with E-state index in [1.54, 1.807) is 12.4 Å². The fourth-order valence-electron chi connectivity index (χ4n) is 2.88. The lowest BCUT2D eigenvalue weighted by Crippen LogP contribution is -2.20. The van der Waals surface area contributed by atoms with Crippen molar-refractivity contribution < 1.29 is 14.6 Å². The molecule has 2 unspecified atom stereocenters. The lowest BCUT2D eigenvalue weighted by Gasteiger charge is -2.17. The number of rotatable bonds is 5. The Labute approximate surface area is 128 Å². The maximum absolute atomic E-state index is 12.3. The van der Waals surface area contributed by atoms with Crippen molar-refractivity contribution in [2.75, 3.05) is 11.9 Å². The Bertz CT molecular complexity index is 668. The molecule has 1 aliphatic rings. The number of ether oxygens (including phenoxy) is 1. The van der Waals surface area contributed by atoms with Crippen LogP contribution in [0, 0.1) is 0 Å². The van der Waals surface area contributed by atoms with Gasteiger partial charge in [0.25, 0.3) is 0 Å². The topological polar surface area (TPSA) is 87.2 Å². The predicted octanol–water partition coefficient (Wildman–Crippen LogP) is 2.46. The first-order valence-electron chi connectivity index (χ1n) is 7.77. The lowest BCUT2D eigenvalue weighted by molar-refractivity contribution is 0.0506. The average molecular weight is 303 g/mol. The molecule has 0 radical (unpaired) electrons. The van der Waals surface area contributed by atoms with Gasteiger partial charge in [0.05, 0.1) is 18.4 Å². The molecule has 1 saturated carbocycles. The molecule has 0 amide bonds. The molecule has 0 aliphatic heterocycles. The Balaban J connectivity index is 1.92. The highest BCUT2D eigenvalue weighted by Crippen LogP contribution is 2.30. The van der Waals surface area contributed by atoms with Crippen LogP contribution in [0.5, 0.6) is 0 Å². The van der Waals surface area contributed by atoms with Gasteiger partial charge in [0.1, 0.15) is 11.2 Å². The summed E-state index contributed by atoms with van der Waals surface area (Å²) in [5.74, 6) is -0.363. The molecule has 0 spiro atoms. The van der Waals surface area contributed by atoms with Gasteiger partial charge in [0.2, 0.25) is 0 Å². The van der Waals surface area contributed by atoms with Crippen LogP contribution in [0.2, 0.25) is 0 Å². The number of anilines is 1. The number of hydrogen-bond acceptors (Lipinski definition) is 5. The van der Waals surface area contributed by atoms with Crippen molar-refractivity contribution in [2.45, 2.75) is 44.8 Å². The third-order valence-electron chi connectivity index (χ3n) is 4.00. The fraction of sp³-hybridized carbons (Fsp3) is 0.500. The zero-order valence-corrected chi connectivity index (χ0v) is 12.6. The number of carbonyl (C=O) groups is 1. The van der Waals surface area contributed by atoms with E-state index in [1.807, 2.05) is 13.0 Å². The zero-order valence-electron chi connectivity index (χ0n) is 12.6. The van der Waals surface area contributed by atoms with Gasteiger partial charge in [-0.3, -0.25) is 0 Å². The maximum Gasteiger partial charge on any atom is 0.341 e. The highest BCUT2D eigenvalue weighted by molar-refractivity contribution is 6.04. The number of nitrogens with one attached hydrogen (secondary N) is 2. The third-order valence-corrected chi connectivity index (χ3v) is 4.00. The number of aliphatic hydroxyl groups is 1. The van der Waals surface area contributed by atoms with Gasteiger partial charge in [-0.15, -0.1) is 0 Å². The number of fused-ring (bicyclic) bond motifs is 1. The molecule has 1 aliphatic carbocycles. The van der Waals surface area contributed by atoms with Crippen LogP contribution >= 0.6 is 0 Å². The summed E-state index contributed by atoms with van der Waals surface area (Å²) in [5, 5.41) is 14.0. The second-order valence-corrected chi connectivity index (χ2v) is 5.73. The van der Waals surface area contributed by atoms with Gasteiger partial charge in [-0.05, 0) is 31.7 Å². The van der Waals surface area contributed by atoms with Crippen LogP contribution in [0.4, 0.5) is 5.69 Å². The normalized spacial score (nSPS) is 21.2. The summed E-state index contributed by atoms with van der Waals surface area (Å²) in [6.07, 6.45) is 6.23. The van der Waals surface area contributed by atoms with E-state index in [0.717, 1.165) is 36.0 Å². The molecule has 0 bridgehead atoms. The van der Waals surface area contributed by atoms with E-state index in [0.29, 0.717) is 18.6 Å². The number of carbonyl (C=O) groups excluding carboxylic acids is 1. The SMILES string of the molecule is CCCOC(=O)c1cnc2[nH]ccc2c1NC1CCC(O)C1. The Morgan fingerprint density at radius 1 is 1.55 bits per heavy atom. The van der Waals surface area contributed by atoms with Gasteiger partial charge < -0.3 is 20.1 Å². The summed E-state index contributed by atoms with van der Waals surface area (Å²) in [5.41, 5.74) is 1.92. The quantitative estimate of drug-likeness (QED) is 0.739. The number of H-pyrrole nitrogens is 1. The van der Waals surface area contributed by atoms with Gasteiger partial charge in [-0.25, -0.2) is 9.78 Å². The predicted molar refractivity (Wildman–Crippen MR) is 83.9 cm³/mol. The van der Waals surface area contributed by atoms with E-state index in [1.165, 1.54) is 0 Å². The van der Waals surface area contributed by atoms with Crippen molar-refractivity contribution in [3.8, 4) is 0 Å². The number of nitrogens with zero attached hydrogens (tertiary/aromatic N) is 1. The monoisotopic (exact) mass is 303 g/mol. The van der Waals surface area contributed by atoms with Crippen LogP contribution in [0.1, 0.15) is 43.0 Å². The van der Waals surface area contributed by atoms with Crippen LogP contribution in [0.15, 0.2) is 18.5 Å². The number of hydrogen-bond donors (Lipinski definition) is 3. The molecular formula is C16H21N3O3. The van der Waals surface area contributed by atoms with Crippen molar-refractivity contribution in [2.24, 2.45) is 0 Å². The van der Waals surface area contributed by atoms with Gasteiger partial charge in [0, 0.05) is 23.8 Å². The fourth-order valence-corrected chi connectivity index (χ4v) is 2.88. The Morgan fingerprint density at radius 3 is 3.14 bits per heavy atom. The summed E-state index contributed by atoms with van der Waals surface area (Å²) in [6, 6.07) is 2.06. The van der Waals surface area contributed by atoms with Crippen molar-refractivity contribution in [3.05, 3.63) is 24.0 Å². The third kappa shape index (κ3) is 2.92. The summed E-state index contributed by atoms with van der Waals surface area (Å²) >= 11 is 0. The molecule has 2 heterocycles. The van der Waals surface area contributed by atoms with E-state index in [9.17, 15) is 9.90 Å². The molecule has 6 heteroatoms. The first kappa shape index (κ1) is 14.8. The van der Waals surface area contributed by atoms with Crippen LogP contribution in [-0.4, -0.2) is 39.8 Å². The van der Waals surface area contributed by atoms with Gasteiger partial charge in [-0.1, -0.05) is 6.92 Å². The number of pyridine rings is 1. The molecule has 6 nitrogen and oxygen atoms in total. The molecule has 0 aromatic carbocycles. The molecule has 3 N–H and O–H groups in total. The molecule has 2 aromatic heterocycles. The minimum absolute atomic E-state index is 0.160. The first-order valence-corrected chi connectivity index (χ1v) is 7.77. The van der Waals surface area contributed by atoms with E-state index >= 15 is 0 Å². The molecule has 0 saturated heterocycles. The molecule has 118 valence electrons. The van der Waals surface area contributed by atoms with Crippen LogP contribution in [0.3, 0.4) is 0 Å². The molecule has 3 rings (SSSR count). The van der Waals surface area contributed by atoms with Gasteiger partial charge >= 0.3 is 5.97 Å². The van der Waals surface area contributed by atoms with Crippen molar-refractivity contribution >= 4 is 22.7 Å². The largest absolute Gasteiger partial charge is 0.462 e. The van der Waals surface area contributed by atoms with Crippen molar-refractivity contribution in [3.63, 3.8) is 0 Å². The summed E-state index contributed by atoms with van der Waals surface area (Å²) in [6.45, 7) is 2.35. The van der Waals surface area contributed by atoms with E-state index in [-0.39, 0.29) is 18.1 Å². The second-order valence-electron chi connectivity index (χ2n) is 5.73. The van der Waals surface area contributed by atoms with Crippen LogP contribution < -0.4 is 5.32 Å². The van der Waals surface area contributed by atoms with Crippen LogP contribution in [0.25, 0.3) is 11.0 Å². The second kappa shape index (κ2) is 6.36. The Hall–Kier alpha value is -2.08. The Morgan fingerprint density at radius 2 is 2.41 bits per heavy atom. The van der Waals surface area contributed by atoms with Crippen LogP contribution in [-0.2, 0) is 4.74 Å². The summed E-state index contributed by atoms with van der Waals surface area (Å²) in [7, 11) is 0. The van der Waals surface area contributed by atoms with Gasteiger partial charge in [0.15, 0.2) is 0 Å². The van der Waals surface area contributed by atoms with E-state index in [2.05, 4.69) is 15.3 Å². The first-order chi connectivity index (χ1) is 10.7. The number of aromatic amines is 1. The summed E-state index contributed by atoms with van der Waals surface area (Å²) < 4.78 is 5.25. The molecule has 2 aromatic rings. The highest BCUT2D eigenvalue weighted by Gasteiger charge is 2.25. The number of aliphatic hydroxyl groups excluding tert-OH is 1. The van der Waals surface area contributed by atoms with E-state index in [4.69, 9.17) is 4.74 Å². The molecule has 22 heavy (non-hydrogen) atoms. The number of esters is 1. The summed E-state index contributed by atoms with van der Waals surface area (Å²) in [4.78, 5) is 19.6. The number of aromatic nitrogens is 2.